The normalized spacial score (nSPS) is 16.5. The molecule has 1 saturated heterocycles. The van der Waals surface area contributed by atoms with E-state index >= 15 is 0 Å². The SMILES string of the molecule is CCOc1ccc(/C(O)=C2/C(=O)C(=O)N(c3ccccc3OC)C2c2ccc(N(CC)CC)cc2)cc1C(C)C. The average molecular weight is 543 g/mol. The Morgan fingerprint density at radius 2 is 1.62 bits per heavy atom. The number of para-hydroxylation sites is 2. The summed E-state index contributed by atoms with van der Waals surface area (Å²) in [6, 6.07) is 19.4. The molecule has 1 fully saturated rings. The molecule has 1 heterocycles. The summed E-state index contributed by atoms with van der Waals surface area (Å²) in [6.07, 6.45) is 0. The Morgan fingerprint density at radius 3 is 2.23 bits per heavy atom. The number of hydrogen-bond donors (Lipinski definition) is 1. The van der Waals surface area contributed by atoms with Crippen LogP contribution < -0.4 is 19.3 Å². The number of nitrogens with zero attached hydrogens (tertiary/aromatic N) is 2. The van der Waals surface area contributed by atoms with E-state index in [9.17, 15) is 14.7 Å². The number of rotatable bonds is 10. The second-order valence-electron chi connectivity index (χ2n) is 9.95. The molecule has 40 heavy (non-hydrogen) atoms. The van der Waals surface area contributed by atoms with Gasteiger partial charge in [0.1, 0.15) is 17.3 Å². The lowest BCUT2D eigenvalue weighted by Crippen LogP contribution is -2.30. The van der Waals surface area contributed by atoms with Gasteiger partial charge in [-0.25, -0.2) is 0 Å². The Morgan fingerprint density at radius 1 is 0.950 bits per heavy atom. The van der Waals surface area contributed by atoms with Crippen LogP contribution in [0.15, 0.2) is 72.3 Å². The van der Waals surface area contributed by atoms with Crippen LogP contribution in [0.5, 0.6) is 11.5 Å². The van der Waals surface area contributed by atoms with Crippen LogP contribution in [0.25, 0.3) is 5.76 Å². The lowest BCUT2D eigenvalue weighted by atomic mass is 9.93. The minimum absolute atomic E-state index is 0.0327. The van der Waals surface area contributed by atoms with Crippen LogP contribution in [-0.2, 0) is 9.59 Å². The molecule has 210 valence electrons. The monoisotopic (exact) mass is 542 g/mol. The van der Waals surface area contributed by atoms with Gasteiger partial charge in [0.15, 0.2) is 0 Å². The van der Waals surface area contributed by atoms with Gasteiger partial charge in [-0.15, -0.1) is 0 Å². The highest BCUT2D eigenvalue weighted by Gasteiger charge is 2.47. The van der Waals surface area contributed by atoms with Crippen molar-refractivity contribution in [1.29, 1.82) is 0 Å². The quantitative estimate of drug-likeness (QED) is 0.175. The van der Waals surface area contributed by atoms with Crippen LogP contribution >= 0.6 is 0 Å². The smallest absolute Gasteiger partial charge is 0.300 e. The Balaban J connectivity index is 1.94. The number of ketones is 1. The Bertz CT molecular complexity index is 1410. The second-order valence-corrected chi connectivity index (χ2v) is 9.95. The Kier molecular flexibility index (Phi) is 8.83. The van der Waals surface area contributed by atoms with E-state index in [-0.39, 0.29) is 17.3 Å². The number of anilines is 2. The van der Waals surface area contributed by atoms with Crippen molar-refractivity contribution in [3.05, 3.63) is 89.0 Å². The van der Waals surface area contributed by atoms with Gasteiger partial charge in [-0.05, 0) is 80.3 Å². The Labute approximate surface area is 236 Å². The van der Waals surface area contributed by atoms with Crippen LogP contribution in [-0.4, -0.2) is 43.6 Å². The van der Waals surface area contributed by atoms with Gasteiger partial charge in [0.2, 0.25) is 0 Å². The highest BCUT2D eigenvalue weighted by atomic mass is 16.5. The third-order valence-corrected chi connectivity index (χ3v) is 7.33. The predicted octanol–water partition coefficient (Wildman–Crippen LogP) is 6.69. The molecular formula is C33H38N2O5. The molecule has 1 aliphatic heterocycles. The highest BCUT2D eigenvalue weighted by molar-refractivity contribution is 6.52. The summed E-state index contributed by atoms with van der Waals surface area (Å²) < 4.78 is 11.4. The van der Waals surface area contributed by atoms with Gasteiger partial charge in [0, 0.05) is 24.3 Å². The molecule has 1 aliphatic rings. The number of ether oxygens (including phenoxy) is 2. The van der Waals surface area contributed by atoms with Crippen LogP contribution in [0.4, 0.5) is 11.4 Å². The molecule has 1 amide bonds. The molecule has 0 radical (unpaired) electrons. The lowest BCUT2D eigenvalue weighted by Gasteiger charge is -2.27. The molecule has 1 N–H and O–H groups in total. The number of carbonyl (C=O) groups excluding carboxylic acids is 2. The molecule has 4 rings (SSSR count). The number of Topliss-reactive ketones (excluding diaryl/α,β-unsaturated/α-hetero) is 1. The molecule has 0 spiro atoms. The third kappa shape index (κ3) is 5.28. The summed E-state index contributed by atoms with van der Waals surface area (Å²) >= 11 is 0. The summed E-state index contributed by atoms with van der Waals surface area (Å²) in [5.74, 6) is -0.392. The fraction of sp³-hybridized carbons (Fsp3) is 0.333. The van der Waals surface area contributed by atoms with Crippen LogP contribution in [0.2, 0.25) is 0 Å². The summed E-state index contributed by atoms with van der Waals surface area (Å²) in [5, 5.41) is 11.7. The topological polar surface area (TPSA) is 79.3 Å². The van der Waals surface area contributed by atoms with E-state index in [2.05, 4.69) is 18.7 Å². The summed E-state index contributed by atoms with van der Waals surface area (Å²) in [5.41, 5.74) is 3.59. The maximum atomic E-state index is 13.7. The maximum absolute atomic E-state index is 13.7. The first-order chi connectivity index (χ1) is 19.3. The predicted molar refractivity (Wildman–Crippen MR) is 159 cm³/mol. The van der Waals surface area contributed by atoms with Crippen molar-refractivity contribution in [2.24, 2.45) is 0 Å². The zero-order valence-electron chi connectivity index (χ0n) is 24.1. The first-order valence-corrected chi connectivity index (χ1v) is 13.8. The number of hydrogen-bond acceptors (Lipinski definition) is 6. The van der Waals surface area contributed by atoms with E-state index in [1.54, 1.807) is 36.4 Å². The van der Waals surface area contributed by atoms with Gasteiger partial charge in [-0.2, -0.15) is 0 Å². The molecule has 0 saturated carbocycles. The molecular weight excluding hydrogens is 504 g/mol. The van der Waals surface area contributed by atoms with Crippen molar-refractivity contribution in [3.63, 3.8) is 0 Å². The second kappa shape index (κ2) is 12.3. The molecule has 7 nitrogen and oxygen atoms in total. The van der Waals surface area contributed by atoms with E-state index < -0.39 is 17.7 Å². The summed E-state index contributed by atoms with van der Waals surface area (Å²) in [6.45, 7) is 12.4. The molecule has 1 unspecified atom stereocenters. The van der Waals surface area contributed by atoms with Crippen molar-refractivity contribution in [2.75, 3.05) is 36.6 Å². The number of amides is 1. The van der Waals surface area contributed by atoms with Gasteiger partial charge < -0.3 is 19.5 Å². The number of methoxy groups -OCH3 is 1. The first-order valence-electron chi connectivity index (χ1n) is 13.8. The molecule has 1 atom stereocenters. The number of aliphatic hydroxyl groups is 1. The van der Waals surface area contributed by atoms with E-state index in [1.165, 1.54) is 12.0 Å². The van der Waals surface area contributed by atoms with E-state index in [4.69, 9.17) is 9.47 Å². The number of carbonyl (C=O) groups is 2. The van der Waals surface area contributed by atoms with Gasteiger partial charge >= 0.3 is 0 Å². The van der Waals surface area contributed by atoms with E-state index in [1.807, 2.05) is 51.1 Å². The van der Waals surface area contributed by atoms with E-state index in [0.29, 0.717) is 29.2 Å². The molecule has 3 aromatic rings. The van der Waals surface area contributed by atoms with Crippen LogP contribution in [0.1, 0.15) is 63.3 Å². The van der Waals surface area contributed by atoms with Crippen molar-refractivity contribution in [3.8, 4) is 11.5 Å². The average Bonchev–Trinajstić information content (AvgIpc) is 3.23. The summed E-state index contributed by atoms with van der Waals surface area (Å²) in [7, 11) is 1.52. The van der Waals surface area contributed by atoms with Gasteiger partial charge in [0.25, 0.3) is 11.7 Å². The van der Waals surface area contributed by atoms with Crippen LogP contribution in [0.3, 0.4) is 0 Å². The standard InChI is InChI=1S/C33H38N2O5/c1-7-34(8-2)24-17-14-22(15-18-24)30-29(31(36)23-16-19-27(40-9-3)25(20-23)21(4)5)32(37)33(38)35(30)26-12-10-11-13-28(26)39-6/h10-21,30,36H,7-9H2,1-6H3/b31-29-. The molecule has 3 aromatic carbocycles. The van der Waals surface area contributed by atoms with E-state index in [0.717, 1.165) is 30.1 Å². The fourth-order valence-corrected chi connectivity index (χ4v) is 5.27. The lowest BCUT2D eigenvalue weighted by molar-refractivity contribution is -0.132. The van der Waals surface area contributed by atoms with Gasteiger partial charge in [0.05, 0.1) is 31.0 Å². The Hall–Kier alpha value is -4.26. The zero-order valence-corrected chi connectivity index (χ0v) is 24.1. The molecule has 0 aliphatic carbocycles. The third-order valence-electron chi connectivity index (χ3n) is 7.33. The van der Waals surface area contributed by atoms with Crippen molar-refractivity contribution >= 4 is 28.8 Å². The number of aliphatic hydroxyl groups excluding tert-OH is 1. The largest absolute Gasteiger partial charge is 0.507 e. The van der Waals surface area contributed by atoms with Gasteiger partial charge in [-0.1, -0.05) is 38.1 Å². The minimum atomic E-state index is -0.851. The van der Waals surface area contributed by atoms with Gasteiger partial charge in [-0.3, -0.25) is 14.5 Å². The van der Waals surface area contributed by atoms with Crippen molar-refractivity contribution < 1.29 is 24.2 Å². The first kappa shape index (κ1) is 28.7. The van der Waals surface area contributed by atoms with Crippen LogP contribution in [0, 0.1) is 0 Å². The highest BCUT2D eigenvalue weighted by Crippen LogP contribution is 2.45. The zero-order chi connectivity index (χ0) is 29.0. The minimum Gasteiger partial charge on any atom is -0.507 e. The molecule has 7 heteroatoms. The fourth-order valence-electron chi connectivity index (χ4n) is 5.27. The van der Waals surface area contributed by atoms with Crippen molar-refractivity contribution in [1.82, 2.24) is 0 Å². The number of benzene rings is 3. The summed E-state index contributed by atoms with van der Waals surface area (Å²) in [4.78, 5) is 30.9. The maximum Gasteiger partial charge on any atom is 0.300 e. The molecule has 0 bridgehead atoms. The van der Waals surface area contributed by atoms with Crippen molar-refractivity contribution in [2.45, 2.75) is 46.6 Å². The molecule has 0 aromatic heterocycles.